The molecule has 6 heteroatoms. The van der Waals surface area contributed by atoms with Gasteiger partial charge in [0.25, 0.3) is 5.91 Å². The molecule has 1 saturated heterocycles. The molecule has 0 aliphatic carbocycles. The lowest BCUT2D eigenvalue weighted by molar-refractivity contribution is -0.127. The van der Waals surface area contributed by atoms with Crippen LogP contribution in [0.3, 0.4) is 0 Å². The zero-order valence-electron chi connectivity index (χ0n) is 18.2. The quantitative estimate of drug-likeness (QED) is 0.363. The maximum absolute atomic E-state index is 13.6. The molecule has 0 unspecified atom stereocenters. The number of hydrogen-bond acceptors (Lipinski definition) is 3. The van der Waals surface area contributed by atoms with Crippen LogP contribution in [-0.4, -0.2) is 39.8 Å². The number of Topliss-reactive ketones (excluding diaryl/α,β-unsaturated/α-hetero) is 1. The molecule has 0 radical (unpaired) electrons. The van der Waals surface area contributed by atoms with E-state index in [1.165, 1.54) is 0 Å². The fraction of sp³-hybridized carbons (Fsp3) is 0.148. The summed E-state index contributed by atoms with van der Waals surface area (Å²) >= 11 is 0. The number of amides is 3. The second kappa shape index (κ2) is 8.39. The molecule has 5 rings (SSSR count). The number of carbonyl (C=O) groups is 3. The fourth-order valence-electron chi connectivity index (χ4n) is 4.55. The van der Waals surface area contributed by atoms with E-state index in [2.05, 4.69) is 5.32 Å². The molecule has 1 aliphatic heterocycles. The van der Waals surface area contributed by atoms with Crippen LogP contribution in [0.4, 0.5) is 4.79 Å². The first-order valence-corrected chi connectivity index (χ1v) is 10.9. The van der Waals surface area contributed by atoms with Gasteiger partial charge in [0, 0.05) is 24.4 Å². The van der Waals surface area contributed by atoms with Gasteiger partial charge in [0.05, 0.1) is 17.8 Å². The van der Waals surface area contributed by atoms with E-state index in [1.54, 1.807) is 0 Å². The number of para-hydroxylation sites is 1. The van der Waals surface area contributed by atoms with Crippen molar-refractivity contribution >= 4 is 28.6 Å². The van der Waals surface area contributed by atoms with Crippen molar-refractivity contribution in [3.8, 4) is 11.3 Å². The van der Waals surface area contributed by atoms with Gasteiger partial charge in [-0.3, -0.25) is 14.5 Å². The number of imide groups is 1. The number of carbonyl (C=O) groups excluding carboxylic acids is 3. The van der Waals surface area contributed by atoms with Gasteiger partial charge in [-0.05, 0) is 17.2 Å². The Morgan fingerprint density at radius 3 is 2.24 bits per heavy atom. The molecular formula is C27H23N3O3. The number of hydrogen-bond donors (Lipinski definition) is 1. The molecule has 164 valence electrons. The predicted octanol–water partition coefficient (Wildman–Crippen LogP) is 4.19. The Bertz CT molecular complexity index is 1360. The third kappa shape index (κ3) is 3.69. The first kappa shape index (κ1) is 20.7. The van der Waals surface area contributed by atoms with Crippen molar-refractivity contribution in [1.29, 1.82) is 0 Å². The predicted molar refractivity (Wildman–Crippen MR) is 127 cm³/mol. The number of aromatic nitrogens is 1. The molecule has 1 aromatic heterocycles. The molecule has 1 atom stereocenters. The Hall–Kier alpha value is -4.19. The molecule has 4 aromatic rings. The van der Waals surface area contributed by atoms with E-state index in [0.717, 1.165) is 32.6 Å². The zero-order valence-corrected chi connectivity index (χ0v) is 18.2. The number of ketones is 1. The van der Waals surface area contributed by atoms with Crippen LogP contribution < -0.4 is 5.32 Å². The summed E-state index contributed by atoms with van der Waals surface area (Å²) < 4.78 is 1.99. The number of nitrogens with one attached hydrogen (secondary N) is 1. The smallest absolute Gasteiger partial charge is 0.325 e. The highest BCUT2D eigenvalue weighted by molar-refractivity contribution is 6.17. The van der Waals surface area contributed by atoms with Gasteiger partial charge in [-0.2, -0.15) is 0 Å². The monoisotopic (exact) mass is 437 g/mol. The van der Waals surface area contributed by atoms with E-state index in [9.17, 15) is 14.4 Å². The SMILES string of the molecule is Cn1c(-c2ccccc2)c(C(=O)CN2C(=O)N[C@@H](Cc3ccccc3)C2=O)c2ccccc21. The van der Waals surface area contributed by atoms with Crippen molar-refractivity contribution in [2.75, 3.05) is 6.54 Å². The van der Waals surface area contributed by atoms with E-state index in [1.807, 2.05) is 96.5 Å². The molecule has 1 aliphatic rings. The average Bonchev–Trinajstić information content (AvgIpc) is 3.28. The van der Waals surface area contributed by atoms with E-state index in [0.29, 0.717) is 12.0 Å². The second-order valence-electron chi connectivity index (χ2n) is 8.21. The third-order valence-corrected chi connectivity index (χ3v) is 6.12. The average molecular weight is 437 g/mol. The van der Waals surface area contributed by atoms with Crippen molar-refractivity contribution in [2.24, 2.45) is 7.05 Å². The van der Waals surface area contributed by atoms with Crippen LogP contribution in [0.15, 0.2) is 84.9 Å². The van der Waals surface area contributed by atoms with Gasteiger partial charge in [-0.1, -0.05) is 78.9 Å². The van der Waals surface area contributed by atoms with Crippen molar-refractivity contribution < 1.29 is 14.4 Å². The molecule has 1 fully saturated rings. The Morgan fingerprint density at radius 2 is 1.52 bits per heavy atom. The van der Waals surface area contributed by atoms with Crippen LogP contribution in [0.1, 0.15) is 15.9 Å². The summed E-state index contributed by atoms with van der Waals surface area (Å²) in [5, 5.41) is 3.53. The van der Waals surface area contributed by atoms with Crippen molar-refractivity contribution in [1.82, 2.24) is 14.8 Å². The lowest BCUT2D eigenvalue weighted by Crippen LogP contribution is -2.36. The molecule has 33 heavy (non-hydrogen) atoms. The molecule has 2 heterocycles. The highest BCUT2D eigenvalue weighted by Gasteiger charge is 2.39. The first-order chi connectivity index (χ1) is 16.0. The fourth-order valence-corrected chi connectivity index (χ4v) is 4.55. The summed E-state index contributed by atoms with van der Waals surface area (Å²) in [4.78, 5) is 40.2. The van der Waals surface area contributed by atoms with Gasteiger partial charge >= 0.3 is 6.03 Å². The lowest BCUT2D eigenvalue weighted by atomic mass is 10.0. The first-order valence-electron chi connectivity index (χ1n) is 10.9. The zero-order chi connectivity index (χ0) is 22.9. The molecule has 6 nitrogen and oxygen atoms in total. The summed E-state index contributed by atoms with van der Waals surface area (Å²) in [5.41, 5.74) is 4.06. The molecule has 0 saturated carbocycles. The molecule has 0 bridgehead atoms. The van der Waals surface area contributed by atoms with E-state index in [-0.39, 0.29) is 18.2 Å². The molecule has 3 amide bonds. The van der Waals surface area contributed by atoms with Gasteiger partial charge in [-0.25, -0.2) is 4.79 Å². The minimum absolute atomic E-state index is 0.269. The highest BCUT2D eigenvalue weighted by atomic mass is 16.2. The Morgan fingerprint density at radius 1 is 0.879 bits per heavy atom. The molecule has 0 spiro atoms. The Balaban J connectivity index is 1.47. The standard InChI is InChI=1S/C27H23N3O3/c1-29-22-15-9-8-14-20(22)24(25(29)19-12-6-3-7-13-19)23(31)17-30-26(32)21(28-27(30)33)16-18-10-4-2-5-11-18/h2-15,21H,16-17H2,1H3,(H,28,33)/t21-/m0/s1. The summed E-state index contributed by atoms with van der Waals surface area (Å²) in [6, 6.07) is 25.7. The van der Waals surface area contributed by atoms with Crippen LogP contribution >= 0.6 is 0 Å². The van der Waals surface area contributed by atoms with Crippen molar-refractivity contribution in [3.05, 3.63) is 96.1 Å². The summed E-state index contributed by atoms with van der Waals surface area (Å²) in [7, 11) is 1.92. The number of benzene rings is 3. The van der Waals surface area contributed by atoms with Gasteiger partial charge in [-0.15, -0.1) is 0 Å². The van der Waals surface area contributed by atoms with Crippen LogP contribution in [0.25, 0.3) is 22.2 Å². The number of aryl methyl sites for hydroxylation is 1. The number of rotatable bonds is 6. The third-order valence-electron chi connectivity index (χ3n) is 6.12. The minimum atomic E-state index is -0.672. The van der Waals surface area contributed by atoms with Crippen LogP contribution in [0.5, 0.6) is 0 Å². The normalized spacial score (nSPS) is 15.8. The maximum atomic E-state index is 13.6. The topological polar surface area (TPSA) is 71.4 Å². The van der Waals surface area contributed by atoms with Gasteiger partial charge in [0.1, 0.15) is 6.04 Å². The molecule has 1 N–H and O–H groups in total. The summed E-state index contributed by atoms with van der Waals surface area (Å²) in [5.74, 6) is -0.645. The number of fused-ring (bicyclic) bond motifs is 1. The van der Waals surface area contributed by atoms with Crippen molar-refractivity contribution in [3.63, 3.8) is 0 Å². The van der Waals surface area contributed by atoms with E-state index >= 15 is 0 Å². The van der Waals surface area contributed by atoms with Gasteiger partial charge in [0.15, 0.2) is 5.78 Å². The summed E-state index contributed by atoms with van der Waals surface area (Å²) in [6.45, 7) is -0.302. The Labute approximate surface area is 191 Å². The largest absolute Gasteiger partial charge is 0.343 e. The maximum Gasteiger partial charge on any atom is 0.325 e. The lowest BCUT2D eigenvalue weighted by Gasteiger charge is -2.14. The van der Waals surface area contributed by atoms with Crippen LogP contribution in [0, 0.1) is 0 Å². The molecule has 3 aromatic carbocycles. The number of nitrogens with zero attached hydrogens (tertiary/aromatic N) is 2. The second-order valence-corrected chi connectivity index (χ2v) is 8.21. The highest BCUT2D eigenvalue weighted by Crippen LogP contribution is 2.33. The van der Waals surface area contributed by atoms with Gasteiger partial charge < -0.3 is 9.88 Å². The molecular weight excluding hydrogens is 414 g/mol. The Kier molecular flexibility index (Phi) is 5.26. The van der Waals surface area contributed by atoms with E-state index in [4.69, 9.17) is 0 Å². The summed E-state index contributed by atoms with van der Waals surface area (Å²) in [6.07, 6.45) is 0.389. The number of urea groups is 1. The minimum Gasteiger partial charge on any atom is -0.343 e. The van der Waals surface area contributed by atoms with Crippen LogP contribution in [0.2, 0.25) is 0 Å². The van der Waals surface area contributed by atoms with Crippen molar-refractivity contribution in [2.45, 2.75) is 12.5 Å². The van der Waals surface area contributed by atoms with Gasteiger partial charge in [0.2, 0.25) is 0 Å². The van der Waals surface area contributed by atoms with E-state index < -0.39 is 12.1 Å². The van der Waals surface area contributed by atoms with Crippen LogP contribution in [-0.2, 0) is 18.3 Å².